The Morgan fingerprint density at radius 1 is 1.00 bits per heavy atom. The van der Waals surface area contributed by atoms with Crippen molar-refractivity contribution in [3.05, 3.63) is 29.8 Å². The lowest BCUT2D eigenvalue weighted by molar-refractivity contribution is 0.0930. The van der Waals surface area contributed by atoms with Crippen molar-refractivity contribution in [2.24, 2.45) is 0 Å². The fourth-order valence-corrected chi connectivity index (χ4v) is 2.50. The molecule has 1 aromatic carbocycles. The maximum absolute atomic E-state index is 12.1. The van der Waals surface area contributed by atoms with Crippen molar-refractivity contribution in [1.29, 1.82) is 0 Å². The van der Waals surface area contributed by atoms with E-state index in [1.54, 1.807) is 24.3 Å². The summed E-state index contributed by atoms with van der Waals surface area (Å²) in [6, 6.07) is 7.46. The molecule has 0 heterocycles. The highest BCUT2D eigenvalue weighted by Crippen LogP contribution is 2.17. The van der Waals surface area contributed by atoms with Crippen LogP contribution in [0.1, 0.15) is 55.3 Å². The van der Waals surface area contributed by atoms with Crippen LogP contribution in [0, 0.1) is 0 Å². The van der Waals surface area contributed by atoms with E-state index in [1.165, 1.54) is 32.1 Å². The van der Waals surface area contributed by atoms with Crippen molar-refractivity contribution in [3.63, 3.8) is 0 Å². The zero-order valence-electron chi connectivity index (χ0n) is 10.8. The first kappa shape index (κ1) is 12.9. The molecule has 0 aliphatic heterocycles. The van der Waals surface area contributed by atoms with Gasteiger partial charge in [-0.15, -0.1) is 0 Å². The third kappa shape index (κ3) is 3.76. The van der Waals surface area contributed by atoms with Crippen LogP contribution in [0.2, 0.25) is 0 Å². The number of benzene rings is 1. The van der Waals surface area contributed by atoms with E-state index in [1.807, 2.05) is 0 Å². The van der Waals surface area contributed by atoms with Crippen LogP contribution in [0.25, 0.3) is 0 Å². The Morgan fingerprint density at radius 2 is 1.56 bits per heavy atom. The molecule has 0 bridgehead atoms. The molecule has 18 heavy (non-hydrogen) atoms. The third-order valence-corrected chi connectivity index (χ3v) is 3.61. The molecular formula is C15H22N2O. The molecule has 1 amide bonds. The summed E-state index contributed by atoms with van der Waals surface area (Å²) in [6.07, 6.45) is 8.63. The smallest absolute Gasteiger partial charge is 0.251 e. The van der Waals surface area contributed by atoms with Gasteiger partial charge in [-0.3, -0.25) is 4.79 Å². The van der Waals surface area contributed by atoms with Gasteiger partial charge < -0.3 is 11.1 Å². The number of anilines is 1. The molecule has 0 spiro atoms. The Morgan fingerprint density at radius 3 is 2.17 bits per heavy atom. The van der Waals surface area contributed by atoms with Crippen LogP contribution in [-0.2, 0) is 0 Å². The van der Waals surface area contributed by atoms with E-state index in [0.717, 1.165) is 12.8 Å². The zero-order chi connectivity index (χ0) is 12.8. The number of carbonyl (C=O) groups excluding carboxylic acids is 1. The van der Waals surface area contributed by atoms with Gasteiger partial charge in [0.05, 0.1) is 0 Å². The minimum absolute atomic E-state index is 0.0283. The van der Waals surface area contributed by atoms with Crippen molar-refractivity contribution < 1.29 is 4.79 Å². The summed E-state index contributed by atoms with van der Waals surface area (Å²) in [5, 5.41) is 3.14. The molecule has 0 aromatic heterocycles. The number of nitrogens with two attached hydrogens (primary N) is 1. The van der Waals surface area contributed by atoms with Crippen LogP contribution in [0.5, 0.6) is 0 Å². The summed E-state index contributed by atoms with van der Waals surface area (Å²) in [5.41, 5.74) is 7.01. The fraction of sp³-hybridized carbons (Fsp3) is 0.533. The van der Waals surface area contributed by atoms with E-state index in [2.05, 4.69) is 5.32 Å². The van der Waals surface area contributed by atoms with Crippen molar-refractivity contribution in [2.75, 3.05) is 5.73 Å². The van der Waals surface area contributed by atoms with Crippen molar-refractivity contribution >= 4 is 11.6 Å². The van der Waals surface area contributed by atoms with Crippen LogP contribution in [0.4, 0.5) is 5.69 Å². The summed E-state index contributed by atoms with van der Waals surface area (Å²) in [5.74, 6) is 0.0283. The highest BCUT2D eigenvalue weighted by Gasteiger charge is 2.14. The molecule has 3 nitrogen and oxygen atoms in total. The molecule has 1 aliphatic carbocycles. The summed E-state index contributed by atoms with van der Waals surface area (Å²) < 4.78 is 0. The quantitative estimate of drug-likeness (QED) is 0.788. The van der Waals surface area contributed by atoms with E-state index >= 15 is 0 Å². The average Bonchev–Trinajstić information content (AvgIpc) is 2.33. The minimum atomic E-state index is 0.0283. The highest BCUT2D eigenvalue weighted by atomic mass is 16.1. The topological polar surface area (TPSA) is 55.1 Å². The monoisotopic (exact) mass is 246 g/mol. The Balaban J connectivity index is 1.91. The highest BCUT2D eigenvalue weighted by molar-refractivity contribution is 5.94. The molecule has 2 rings (SSSR count). The van der Waals surface area contributed by atoms with Gasteiger partial charge in [-0.05, 0) is 37.1 Å². The maximum atomic E-state index is 12.1. The number of hydrogen-bond acceptors (Lipinski definition) is 2. The molecule has 1 fully saturated rings. The Hall–Kier alpha value is -1.51. The number of amides is 1. The van der Waals surface area contributed by atoms with Gasteiger partial charge in [0, 0.05) is 17.3 Å². The van der Waals surface area contributed by atoms with Crippen LogP contribution >= 0.6 is 0 Å². The normalized spacial score (nSPS) is 17.8. The largest absolute Gasteiger partial charge is 0.399 e. The standard InChI is InChI=1S/C15H22N2O/c16-13-10-8-12(9-11-13)15(18)17-14-6-4-2-1-3-5-7-14/h8-11,14H,1-7,16H2,(H,17,18). The minimum Gasteiger partial charge on any atom is -0.399 e. The average molecular weight is 246 g/mol. The molecule has 0 atom stereocenters. The molecule has 1 aliphatic rings. The summed E-state index contributed by atoms with van der Waals surface area (Å²) in [7, 11) is 0. The van der Waals surface area contributed by atoms with E-state index < -0.39 is 0 Å². The van der Waals surface area contributed by atoms with Gasteiger partial charge in [0.1, 0.15) is 0 Å². The lowest BCUT2D eigenvalue weighted by Crippen LogP contribution is -2.35. The van der Waals surface area contributed by atoms with Gasteiger partial charge >= 0.3 is 0 Å². The number of nitrogen functional groups attached to an aromatic ring is 1. The van der Waals surface area contributed by atoms with Gasteiger partial charge in [-0.1, -0.05) is 32.1 Å². The second-order valence-corrected chi connectivity index (χ2v) is 5.14. The van der Waals surface area contributed by atoms with E-state index in [-0.39, 0.29) is 5.91 Å². The fourth-order valence-electron chi connectivity index (χ4n) is 2.50. The summed E-state index contributed by atoms with van der Waals surface area (Å²) in [4.78, 5) is 12.1. The molecule has 1 aromatic rings. The lowest BCUT2D eigenvalue weighted by atomic mass is 9.96. The number of carbonyl (C=O) groups is 1. The van der Waals surface area contributed by atoms with Crippen LogP contribution in [0.3, 0.4) is 0 Å². The number of nitrogens with one attached hydrogen (secondary N) is 1. The van der Waals surface area contributed by atoms with Gasteiger partial charge in [0.15, 0.2) is 0 Å². The zero-order valence-corrected chi connectivity index (χ0v) is 10.8. The second-order valence-electron chi connectivity index (χ2n) is 5.14. The number of hydrogen-bond donors (Lipinski definition) is 2. The van der Waals surface area contributed by atoms with E-state index in [0.29, 0.717) is 17.3 Å². The van der Waals surface area contributed by atoms with Gasteiger partial charge in [-0.25, -0.2) is 0 Å². The van der Waals surface area contributed by atoms with Crippen LogP contribution in [0.15, 0.2) is 24.3 Å². The number of rotatable bonds is 2. The molecule has 3 heteroatoms. The lowest BCUT2D eigenvalue weighted by Gasteiger charge is -2.21. The third-order valence-electron chi connectivity index (χ3n) is 3.61. The molecule has 0 unspecified atom stereocenters. The van der Waals surface area contributed by atoms with Crippen LogP contribution in [-0.4, -0.2) is 11.9 Å². The SMILES string of the molecule is Nc1ccc(C(=O)NC2CCCCCCC2)cc1. The van der Waals surface area contributed by atoms with Crippen LogP contribution < -0.4 is 11.1 Å². The molecule has 3 N–H and O–H groups in total. The molecule has 0 saturated heterocycles. The van der Waals surface area contributed by atoms with Crippen molar-refractivity contribution in [2.45, 2.75) is 51.0 Å². The molecule has 98 valence electrons. The molecular weight excluding hydrogens is 224 g/mol. The summed E-state index contributed by atoms with van der Waals surface area (Å²) in [6.45, 7) is 0. The van der Waals surface area contributed by atoms with Crippen molar-refractivity contribution in [1.82, 2.24) is 5.32 Å². The molecule has 0 radical (unpaired) electrons. The van der Waals surface area contributed by atoms with Gasteiger partial charge in [0.25, 0.3) is 5.91 Å². The first-order chi connectivity index (χ1) is 8.75. The van der Waals surface area contributed by atoms with Crippen molar-refractivity contribution in [3.8, 4) is 0 Å². The summed E-state index contributed by atoms with van der Waals surface area (Å²) >= 11 is 0. The maximum Gasteiger partial charge on any atom is 0.251 e. The predicted molar refractivity (Wildman–Crippen MR) is 74.4 cm³/mol. The second kappa shape index (κ2) is 6.43. The van der Waals surface area contributed by atoms with Gasteiger partial charge in [-0.2, -0.15) is 0 Å². The predicted octanol–water partition coefficient (Wildman–Crippen LogP) is 3.11. The molecule has 1 saturated carbocycles. The Labute approximate surface area is 109 Å². The first-order valence-electron chi connectivity index (χ1n) is 6.92. The van der Waals surface area contributed by atoms with E-state index in [4.69, 9.17) is 5.73 Å². The van der Waals surface area contributed by atoms with Gasteiger partial charge in [0.2, 0.25) is 0 Å². The first-order valence-corrected chi connectivity index (χ1v) is 6.92. The Bertz CT molecular complexity index is 378. The van der Waals surface area contributed by atoms with E-state index in [9.17, 15) is 4.79 Å². The Kier molecular flexibility index (Phi) is 4.62.